The van der Waals surface area contributed by atoms with Gasteiger partial charge in [-0.25, -0.2) is 0 Å². The molecule has 0 aliphatic carbocycles. The van der Waals surface area contributed by atoms with Gasteiger partial charge in [0.2, 0.25) is 0 Å². The van der Waals surface area contributed by atoms with Crippen molar-refractivity contribution in [3.63, 3.8) is 0 Å². The van der Waals surface area contributed by atoms with Gasteiger partial charge >= 0.3 is 0 Å². The van der Waals surface area contributed by atoms with Gasteiger partial charge in [-0.05, 0) is 17.5 Å². The molecule has 0 aliphatic heterocycles. The van der Waals surface area contributed by atoms with Crippen molar-refractivity contribution in [2.75, 3.05) is 13.9 Å². The number of ether oxygens (including phenoxy) is 2. The monoisotopic (exact) mass is 272 g/mol. The lowest BCUT2D eigenvalue weighted by Crippen LogP contribution is -2.15. The Bertz CT molecular complexity index is 329. The van der Waals surface area contributed by atoms with Crippen molar-refractivity contribution in [3.05, 3.63) is 28.2 Å². The molecule has 2 nitrogen and oxygen atoms in total. The standard InChI is InChI=1S/C12H17BrO2/c1-12(2,3)11-9(13)6-5-7-10(11)15-8-14-4/h5-7H,8H2,1-4H3. The van der Waals surface area contributed by atoms with E-state index in [1.165, 1.54) is 5.56 Å². The van der Waals surface area contributed by atoms with Crippen LogP contribution in [0.15, 0.2) is 22.7 Å². The van der Waals surface area contributed by atoms with Crippen LogP contribution in [0, 0.1) is 0 Å². The van der Waals surface area contributed by atoms with E-state index in [0.29, 0.717) is 0 Å². The summed E-state index contributed by atoms with van der Waals surface area (Å²) >= 11 is 3.55. The first kappa shape index (κ1) is 12.5. The van der Waals surface area contributed by atoms with Crippen molar-refractivity contribution in [2.45, 2.75) is 26.2 Å². The van der Waals surface area contributed by atoms with Crippen molar-refractivity contribution in [3.8, 4) is 5.75 Å². The summed E-state index contributed by atoms with van der Waals surface area (Å²) < 4.78 is 11.5. The summed E-state index contributed by atoms with van der Waals surface area (Å²) in [6, 6.07) is 5.95. The quantitative estimate of drug-likeness (QED) is 0.781. The van der Waals surface area contributed by atoms with Crippen LogP contribution < -0.4 is 4.74 Å². The summed E-state index contributed by atoms with van der Waals surface area (Å²) in [4.78, 5) is 0. The molecule has 0 heterocycles. The van der Waals surface area contributed by atoms with Gasteiger partial charge in [-0.15, -0.1) is 0 Å². The molecule has 0 unspecified atom stereocenters. The topological polar surface area (TPSA) is 18.5 Å². The van der Waals surface area contributed by atoms with Crippen molar-refractivity contribution in [1.82, 2.24) is 0 Å². The summed E-state index contributed by atoms with van der Waals surface area (Å²) in [6.07, 6.45) is 0. The van der Waals surface area contributed by atoms with Crippen molar-refractivity contribution >= 4 is 15.9 Å². The molecule has 1 rings (SSSR count). The molecule has 0 spiro atoms. The van der Waals surface area contributed by atoms with Crippen LogP contribution in [-0.2, 0) is 10.2 Å². The van der Waals surface area contributed by atoms with Gasteiger partial charge < -0.3 is 9.47 Å². The van der Waals surface area contributed by atoms with Crippen LogP contribution in [0.3, 0.4) is 0 Å². The van der Waals surface area contributed by atoms with Crippen LogP contribution in [0.1, 0.15) is 26.3 Å². The average molecular weight is 273 g/mol. The maximum atomic E-state index is 5.54. The second-order valence-electron chi connectivity index (χ2n) is 4.41. The van der Waals surface area contributed by atoms with Gasteiger partial charge in [0.25, 0.3) is 0 Å². The van der Waals surface area contributed by atoms with Gasteiger partial charge in [0, 0.05) is 17.1 Å². The second kappa shape index (κ2) is 4.99. The van der Waals surface area contributed by atoms with Crippen LogP contribution in [0.4, 0.5) is 0 Å². The molecule has 0 saturated carbocycles. The molecule has 15 heavy (non-hydrogen) atoms. The fraction of sp³-hybridized carbons (Fsp3) is 0.500. The van der Waals surface area contributed by atoms with Gasteiger partial charge in [0.05, 0.1) is 0 Å². The Morgan fingerprint density at radius 2 is 1.93 bits per heavy atom. The molecule has 0 saturated heterocycles. The van der Waals surface area contributed by atoms with E-state index in [-0.39, 0.29) is 12.2 Å². The molecule has 0 atom stereocenters. The minimum atomic E-state index is 0.0448. The number of hydrogen-bond donors (Lipinski definition) is 0. The zero-order chi connectivity index (χ0) is 11.5. The van der Waals surface area contributed by atoms with Gasteiger partial charge in [0.1, 0.15) is 5.75 Å². The van der Waals surface area contributed by atoms with Gasteiger partial charge in [-0.3, -0.25) is 0 Å². The molecular weight excluding hydrogens is 256 g/mol. The number of benzene rings is 1. The Hall–Kier alpha value is -0.540. The smallest absolute Gasteiger partial charge is 0.188 e. The molecule has 84 valence electrons. The molecule has 3 heteroatoms. The summed E-state index contributed by atoms with van der Waals surface area (Å²) in [5.41, 5.74) is 1.21. The van der Waals surface area contributed by atoms with Gasteiger partial charge in [0.15, 0.2) is 6.79 Å². The zero-order valence-corrected chi connectivity index (χ0v) is 11.2. The number of hydrogen-bond acceptors (Lipinski definition) is 2. The van der Waals surface area contributed by atoms with E-state index < -0.39 is 0 Å². The normalized spacial score (nSPS) is 11.5. The van der Waals surface area contributed by atoms with Crippen LogP contribution in [0.2, 0.25) is 0 Å². The van der Waals surface area contributed by atoms with E-state index in [1.807, 2.05) is 18.2 Å². The minimum absolute atomic E-state index is 0.0448. The first-order chi connectivity index (χ1) is 6.96. The Labute approximate surface area is 99.7 Å². The summed E-state index contributed by atoms with van der Waals surface area (Å²) in [5.74, 6) is 0.874. The first-order valence-electron chi connectivity index (χ1n) is 4.87. The zero-order valence-electron chi connectivity index (χ0n) is 9.63. The molecule has 0 radical (unpaired) electrons. The highest BCUT2D eigenvalue weighted by Gasteiger charge is 2.21. The Morgan fingerprint density at radius 1 is 1.27 bits per heavy atom. The number of rotatable bonds is 3. The first-order valence-corrected chi connectivity index (χ1v) is 5.67. The molecule has 0 amide bonds. The third kappa shape index (κ3) is 3.21. The second-order valence-corrected chi connectivity index (χ2v) is 5.27. The predicted molar refractivity (Wildman–Crippen MR) is 65.3 cm³/mol. The van der Waals surface area contributed by atoms with Crippen molar-refractivity contribution in [1.29, 1.82) is 0 Å². The third-order valence-corrected chi connectivity index (χ3v) is 2.72. The summed E-state index contributed by atoms with van der Waals surface area (Å²) in [6.45, 7) is 6.76. The van der Waals surface area contributed by atoms with Crippen LogP contribution in [0.5, 0.6) is 5.75 Å². The van der Waals surface area contributed by atoms with E-state index in [9.17, 15) is 0 Å². The lowest BCUT2D eigenvalue weighted by atomic mass is 9.86. The van der Waals surface area contributed by atoms with E-state index in [1.54, 1.807) is 7.11 Å². The SMILES string of the molecule is COCOc1cccc(Br)c1C(C)(C)C. The lowest BCUT2D eigenvalue weighted by Gasteiger charge is -2.24. The van der Waals surface area contributed by atoms with Crippen LogP contribution >= 0.6 is 15.9 Å². The van der Waals surface area contributed by atoms with E-state index >= 15 is 0 Å². The van der Waals surface area contributed by atoms with Crippen LogP contribution in [-0.4, -0.2) is 13.9 Å². The molecule has 1 aromatic rings. The Balaban J connectivity index is 3.09. The maximum absolute atomic E-state index is 5.54. The van der Waals surface area contributed by atoms with Crippen LogP contribution in [0.25, 0.3) is 0 Å². The van der Waals surface area contributed by atoms with Gasteiger partial charge in [-0.1, -0.05) is 42.8 Å². The maximum Gasteiger partial charge on any atom is 0.188 e. The average Bonchev–Trinajstić information content (AvgIpc) is 2.12. The Kier molecular flexibility index (Phi) is 4.17. The van der Waals surface area contributed by atoms with Crippen molar-refractivity contribution < 1.29 is 9.47 Å². The number of methoxy groups -OCH3 is 1. The predicted octanol–water partition coefficient (Wildman–Crippen LogP) is 3.73. The lowest BCUT2D eigenvalue weighted by molar-refractivity contribution is 0.0497. The van der Waals surface area contributed by atoms with E-state index in [2.05, 4.69) is 36.7 Å². The third-order valence-electron chi connectivity index (χ3n) is 2.06. The fourth-order valence-corrected chi connectivity index (χ4v) is 2.42. The molecule has 0 aliphatic rings. The largest absolute Gasteiger partial charge is 0.467 e. The summed E-state index contributed by atoms with van der Waals surface area (Å²) in [5, 5.41) is 0. The molecule has 0 aromatic heterocycles. The van der Waals surface area contributed by atoms with E-state index in [0.717, 1.165) is 10.2 Å². The molecule has 0 N–H and O–H groups in total. The van der Waals surface area contributed by atoms with Gasteiger partial charge in [-0.2, -0.15) is 0 Å². The fourth-order valence-electron chi connectivity index (χ4n) is 1.47. The highest BCUT2D eigenvalue weighted by molar-refractivity contribution is 9.10. The number of halogens is 1. The summed E-state index contributed by atoms with van der Waals surface area (Å²) in [7, 11) is 1.62. The molecule has 0 fully saturated rings. The van der Waals surface area contributed by atoms with Crippen molar-refractivity contribution in [2.24, 2.45) is 0 Å². The highest BCUT2D eigenvalue weighted by atomic mass is 79.9. The Morgan fingerprint density at radius 3 is 2.47 bits per heavy atom. The van der Waals surface area contributed by atoms with E-state index in [4.69, 9.17) is 9.47 Å². The molecule has 0 bridgehead atoms. The molecule has 1 aromatic carbocycles. The highest BCUT2D eigenvalue weighted by Crippen LogP contribution is 2.37. The minimum Gasteiger partial charge on any atom is -0.467 e. The molecular formula is C12H17BrO2.